The molecule has 2 aromatic rings. The molecule has 0 amide bonds. The second-order valence-corrected chi connectivity index (χ2v) is 4.65. The maximum Gasteiger partial charge on any atom is 0.312 e. The highest BCUT2D eigenvalue weighted by molar-refractivity contribution is 5.77. The Labute approximate surface area is 119 Å². The SMILES string of the molecule is CC(C#Cc1ccccc1)C(C(=O)O)c1ccccc1. The predicted octanol–water partition coefficient (Wildman–Crippen LogP) is 3.54. The highest BCUT2D eigenvalue weighted by atomic mass is 16.4. The highest BCUT2D eigenvalue weighted by Crippen LogP contribution is 2.24. The van der Waals surface area contributed by atoms with E-state index >= 15 is 0 Å². The third-order valence-electron chi connectivity index (χ3n) is 3.14. The summed E-state index contributed by atoms with van der Waals surface area (Å²) in [5.41, 5.74) is 1.69. The van der Waals surface area contributed by atoms with E-state index in [4.69, 9.17) is 0 Å². The van der Waals surface area contributed by atoms with Gasteiger partial charge in [0, 0.05) is 11.5 Å². The Kier molecular flexibility index (Phi) is 4.57. The number of carboxylic acids is 1. The zero-order valence-corrected chi connectivity index (χ0v) is 11.3. The topological polar surface area (TPSA) is 37.3 Å². The molecule has 100 valence electrons. The van der Waals surface area contributed by atoms with Crippen molar-refractivity contribution in [2.45, 2.75) is 12.8 Å². The highest BCUT2D eigenvalue weighted by Gasteiger charge is 2.25. The van der Waals surface area contributed by atoms with E-state index in [-0.39, 0.29) is 5.92 Å². The fourth-order valence-corrected chi connectivity index (χ4v) is 2.11. The van der Waals surface area contributed by atoms with Crippen LogP contribution in [0.4, 0.5) is 0 Å². The molecule has 2 heteroatoms. The number of carbonyl (C=O) groups is 1. The van der Waals surface area contributed by atoms with Gasteiger partial charge in [-0.05, 0) is 17.7 Å². The zero-order valence-electron chi connectivity index (χ0n) is 11.3. The summed E-state index contributed by atoms with van der Waals surface area (Å²) < 4.78 is 0. The Morgan fingerprint density at radius 1 is 1.00 bits per heavy atom. The summed E-state index contributed by atoms with van der Waals surface area (Å²) >= 11 is 0. The molecule has 0 aliphatic heterocycles. The molecule has 2 aromatic carbocycles. The number of benzene rings is 2. The summed E-state index contributed by atoms with van der Waals surface area (Å²) in [6.07, 6.45) is 0. The molecule has 0 bridgehead atoms. The first-order valence-electron chi connectivity index (χ1n) is 6.53. The Balaban J connectivity index is 2.23. The summed E-state index contributed by atoms with van der Waals surface area (Å²) in [4.78, 5) is 11.5. The van der Waals surface area contributed by atoms with E-state index < -0.39 is 11.9 Å². The van der Waals surface area contributed by atoms with Gasteiger partial charge >= 0.3 is 5.97 Å². The van der Waals surface area contributed by atoms with Crippen LogP contribution in [0, 0.1) is 17.8 Å². The molecule has 0 radical (unpaired) electrons. The first-order chi connectivity index (χ1) is 9.68. The molecule has 2 atom stereocenters. The number of hydrogen-bond donors (Lipinski definition) is 1. The molecular weight excluding hydrogens is 248 g/mol. The molecule has 0 aliphatic carbocycles. The molecule has 0 fully saturated rings. The lowest BCUT2D eigenvalue weighted by atomic mass is 9.87. The van der Waals surface area contributed by atoms with E-state index in [1.54, 1.807) is 0 Å². The molecule has 2 nitrogen and oxygen atoms in total. The molecule has 1 N–H and O–H groups in total. The molecule has 2 unspecified atom stereocenters. The lowest BCUT2D eigenvalue weighted by Gasteiger charge is -2.15. The van der Waals surface area contributed by atoms with Crippen molar-refractivity contribution in [2.24, 2.45) is 5.92 Å². The van der Waals surface area contributed by atoms with Crippen LogP contribution in [0.2, 0.25) is 0 Å². The fraction of sp³-hybridized carbons (Fsp3) is 0.167. The van der Waals surface area contributed by atoms with Crippen molar-refractivity contribution < 1.29 is 9.90 Å². The van der Waals surface area contributed by atoms with E-state index in [2.05, 4.69) is 11.8 Å². The standard InChI is InChI=1S/C18H16O2/c1-14(12-13-15-8-4-2-5-9-15)17(18(19)20)16-10-6-3-7-11-16/h2-11,14,17H,1H3,(H,19,20). The zero-order chi connectivity index (χ0) is 14.4. The van der Waals surface area contributed by atoms with E-state index in [0.29, 0.717) is 0 Å². The van der Waals surface area contributed by atoms with Gasteiger partial charge < -0.3 is 5.11 Å². The van der Waals surface area contributed by atoms with Crippen molar-refractivity contribution in [3.8, 4) is 11.8 Å². The van der Waals surface area contributed by atoms with Crippen molar-refractivity contribution >= 4 is 5.97 Å². The van der Waals surface area contributed by atoms with Gasteiger partial charge in [0.15, 0.2) is 0 Å². The second-order valence-electron chi connectivity index (χ2n) is 4.65. The minimum Gasteiger partial charge on any atom is -0.481 e. The predicted molar refractivity (Wildman–Crippen MR) is 79.3 cm³/mol. The van der Waals surface area contributed by atoms with Crippen LogP contribution in [-0.4, -0.2) is 11.1 Å². The lowest BCUT2D eigenvalue weighted by molar-refractivity contribution is -0.139. The van der Waals surface area contributed by atoms with Crippen molar-refractivity contribution in [2.75, 3.05) is 0 Å². The van der Waals surface area contributed by atoms with E-state index in [9.17, 15) is 9.90 Å². The third-order valence-corrected chi connectivity index (χ3v) is 3.14. The molecule has 20 heavy (non-hydrogen) atoms. The van der Waals surface area contributed by atoms with Crippen LogP contribution >= 0.6 is 0 Å². The average Bonchev–Trinajstić information content (AvgIpc) is 2.47. The Bertz CT molecular complexity index is 621. The number of rotatable bonds is 3. The van der Waals surface area contributed by atoms with Gasteiger partial charge in [-0.25, -0.2) is 0 Å². The molecular formula is C18H16O2. The largest absolute Gasteiger partial charge is 0.481 e. The molecule has 0 saturated carbocycles. The van der Waals surface area contributed by atoms with Crippen LogP contribution in [0.5, 0.6) is 0 Å². The van der Waals surface area contributed by atoms with Crippen LogP contribution in [0.1, 0.15) is 24.0 Å². The monoisotopic (exact) mass is 264 g/mol. The Morgan fingerprint density at radius 2 is 1.55 bits per heavy atom. The van der Waals surface area contributed by atoms with Crippen molar-refractivity contribution in [1.82, 2.24) is 0 Å². The van der Waals surface area contributed by atoms with Gasteiger partial charge in [0.2, 0.25) is 0 Å². The van der Waals surface area contributed by atoms with Crippen molar-refractivity contribution in [3.63, 3.8) is 0 Å². The summed E-state index contributed by atoms with van der Waals surface area (Å²) in [5, 5.41) is 9.43. The van der Waals surface area contributed by atoms with Gasteiger partial charge in [0.1, 0.15) is 0 Å². The van der Waals surface area contributed by atoms with Gasteiger partial charge in [-0.15, -0.1) is 0 Å². The van der Waals surface area contributed by atoms with Crippen LogP contribution in [0.3, 0.4) is 0 Å². The fourth-order valence-electron chi connectivity index (χ4n) is 2.11. The number of aliphatic carboxylic acids is 1. The van der Waals surface area contributed by atoms with Crippen LogP contribution in [0.25, 0.3) is 0 Å². The van der Waals surface area contributed by atoms with Gasteiger partial charge in [0.25, 0.3) is 0 Å². The van der Waals surface area contributed by atoms with Crippen LogP contribution in [-0.2, 0) is 4.79 Å². The lowest BCUT2D eigenvalue weighted by Crippen LogP contribution is -2.18. The minimum absolute atomic E-state index is 0.255. The molecule has 0 spiro atoms. The summed E-state index contributed by atoms with van der Waals surface area (Å²) in [6, 6.07) is 18.8. The molecule has 0 saturated heterocycles. The maximum absolute atomic E-state index is 11.5. The van der Waals surface area contributed by atoms with Gasteiger partial charge in [0.05, 0.1) is 5.92 Å². The number of hydrogen-bond acceptors (Lipinski definition) is 1. The van der Waals surface area contributed by atoms with Crippen molar-refractivity contribution in [3.05, 3.63) is 71.8 Å². The van der Waals surface area contributed by atoms with E-state index in [1.807, 2.05) is 67.6 Å². The number of carboxylic acid groups (broad SMARTS) is 1. The third kappa shape index (κ3) is 3.49. The van der Waals surface area contributed by atoms with Gasteiger partial charge in [-0.2, -0.15) is 0 Å². The molecule has 0 heterocycles. The summed E-state index contributed by atoms with van der Waals surface area (Å²) in [7, 11) is 0. The van der Waals surface area contributed by atoms with Gasteiger partial charge in [-0.1, -0.05) is 67.3 Å². The van der Waals surface area contributed by atoms with E-state index in [1.165, 1.54) is 0 Å². The van der Waals surface area contributed by atoms with Crippen LogP contribution in [0.15, 0.2) is 60.7 Å². The second kappa shape index (κ2) is 6.58. The maximum atomic E-state index is 11.5. The normalized spacial score (nSPS) is 12.8. The summed E-state index contributed by atoms with van der Waals surface area (Å²) in [5.74, 6) is 4.38. The minimum atomic E-state index is -0.842. The first-order valence-corrected chi connectivity index (χ1v) is 6.53. The Hall–Kier alpha value is -2.53. The quantitative estimate of drug-likeness (QED) is 0.861. The average molecular weight is 264 g/mol. The molecule has 0 aromatic heterocycles. The molecule has 2 rings (SSSR count). The Morgan fingerprint density at radius 3 is 2.10 bits per heavy atom. The van der Waals surface area contributed by atoms with Crippen LogP contribution < -0.4 is 0 Å². The van der Waals surface area contributed by atoms with Gasteiger partial charge in [-0.3, -0.25) is 4.79 Å². The smallest absolute Gasteiger partial charge is 0.312 e. The first kappa shape index (κ1) is 13.9. The van der Waals surface area contributed by atoms with E-state index in [0.717, 1.165) is 11.1 Å². The molecule has 0 aliphatic rings. The summed E-state index contributed by atoms with van der Waals surface area (Å²) in [6.45, 7) is 1.85. The van der Waals surface area contributed by atoms with Crippen molar-refractivity contribution in [1.29, 1.82) is 0 Å².